The predicted octanol–water partition coefficient (Wildman–Crippen LogP) is 4.97. The van der Waals surface area contributed by atoms with Crippen LogP contribution in [0, 0.1) is 17.8 Å². The number of fused-ring (bicyclic) bond motifs is 1. The van der Waals surface area contributed by atoms with Gasteiger partial charge in [-0.15, -0.1) is 0 Å². The monoisotopic (exact) mass is 352 g/mol. The largest absolute Gasteiger partial charge is 0.416 e. The van der Waals surface area contributed by atoms with E-state index in [1.54, 1.807) is 0 Å². The van der Waals surface area contributed by atoms with Crippen molar-refractivity contribution in [1.29, 1.82) is 0 Å². The van der Waals surface area contributed by atoms with Gasteiger partial charge in [0.05, 0.1) is 6.10 Å². The molecule has 0 saturated carbocycles. The van der Waals surface area contributed by atoms with Crippen molar-refractivity contribution in [2.24, 2.45) is 17.8 Å². The molecule has 1 aliphatic heterocycles. The molecule has 2 aliphatic rings. The van der Waals surface area contributed by atoms with Crippen LogP contribution in [-0.4, -0.2) is 32.9 Å². The first kappa shape index (κ1) is 19.9. The maximum Gasteiger partial charge on any atom is 0.192 e. The lowest BCUT2D eigenvalue weighted by molar-refractivity contribution is -0.120. The summed E-state index contributed by atoms with van der Waals surface area (Å²) < 4.78 is 12.1. The summed E-state index contributed by atoms with van der Waals surface area (Å²) >= 11 is 0. The average molecular weight is 353 g/mol. The molecule has 2 rings (SSSR count). The molecule has 1 fully saturated rings. The second-order valence-corrected chi connectivity index (χ2v) is 14.3. The summed E-state index contributed by atoms with van der Waals surface area (Å²) in [4.78, 5) is 12.2. The zero-order chi connectivity index (χ0) is 18.1. The fourth-order valence-electron chi connectivity index (χ4n) is 3.04. The number of rotatable bonds is 4. The predicted molar refractivity (Wildman–Crippen MR) is 102 cm³/mol. The highest BCUT2D eigenvalue weighted by molar-refractivity contribution is 6.74. The van der Waals surface area contributed by atoms with E-state index < -0.39 is 8.32 Å². The molecule has 1 heterocycles. The van der Waals surface area contributed by atoms with Crippen molar-refractivity contribution in [2.75, 3.05) is 6.61 Å². The fourth-order valence-corrected chi connectivity index (χ4v) is 4.10. The van der Waals surface area contributed by atoms with E-state index in [9.17, 15) is 4.79 Å². The first-order valence-electron chi connectivity index (χ1n) is 9.51. The first-order valence-corrected chi connectivity index (χ1v) is 12.4. The van der Waals surface area contributed by atoms with Crippen molar-refractivity contribution in [3.05, 3.63) is 12.2 Å². The second kappa shape index (κ2) is 7.43. The molecule has 4 heteroatoms. The highest BCUT2D eigenvalue weighted by Gasteiger charge is 2.45. The van der Waals surface area contributed by atoms with Crippen molar-refractivity contribution in [3.8, 4) is 0 Å². The molecule has 0 amide bonds. The van der Waals surface area contributed by atoms with E-state index in [0.717, 1.165) is 19.4 Å². The van der Waals surface area contributed by atoms with Crippen LogP contribution in [0.25, 0.3) is 0 Å². The van der Waals surface area contributed by atoms with Gasteiger partial charge in [0.25, 0.3) is 0 Å². The van der Waals surface area contributed by atoms with E-state index in [1.165, 1.54) is 0 Å². The lowest BCUT2D eigenvalue weighted by Gasteiger charge is -2.37. The van der Waals surface area contributed by atoms with Crippen LogP contribution >= 0.6 is 0 Å². The number of carbonyl (C=O) groups excluding carboxylic acids is 1. The summed E-state index contributed by atoms with van der Waals surface area (Å²) in [5.74, 6) is 1.68. The normalized spacial score (nSPS) is 33.2. The second-order valence-electron chi connectivity index (χ2n) is 9.46. The molecule has 4 atom stereocenters. The average Bonchev–Trinajstić information content (AvgIpc) is 3.21. The van der Waals surface area contributed by atoms with Gasteiger partial charge in [0.15, 0.2) is 14.1 Å². The fraction of sp³-hybridized carbons (Fsp3) is 0.850. The van der Waals surface area contributed by atoms with Crippen LogP contribution in [-0.2, 0) is 14.0 Å². The Morgan fingerprint density at radius 2 is 1.96 bits per heavy atom. The van der Waals surface area contributed by atoms with Gasteiger partial charge in [0, 0.05) is 18.9 Å². The van der Waals surface area contributed by atoms with Crippen molar-refractivity contribution in [1.82, 2.24) is 0 Å². The Bertz CT molecular complexity index is 476. The van der Waals surface area contributed by atoms with Crippen LogP contribution in [0.4, 0.5) is 0 Å². The Balaban J connectivity index is 2.06. The van der Waals surface area contributed by atoms with E-state index in [4.69, 9.17) is 9.16 Å². The molecule has 138 valence electrons. The maximum atomic E-state index is 12.2. The number of hydrogen-bond donors (Lipinski definition) is 0. The van der Waals surface area contributed by atoms with E-state index in [2.05, 4.69) is 59.9 Å². The van der Waals surface area contributed by atoms with E-state index >= 15 is 0 Å². The van der Waals surface area contributed by atoms with E-state index in [0.29, 0.717) is 30.0 Å². The number of hydrogen-bond acceptors (Lipinski definition) is 3. The molecule has 0 N–H and O–H groups in total. The van der Waals surface area contributed by atoms with Gasteiger partial charge < -0.3 is 9.16 Å². The standard InChI is InChI=1S/C20H36O3Si/c1-14(2)16-9-8-15(13-22-24(6,7)20(3,4)5)12-18-19(23-18)17(21)11-10-16/h8-9,14-16,18-19H,10-13H2,1-7H3/b9-8-. The molecule has 0 spiro atoms. The van der Waals surface area contributed by atoms with E-state index in [1.807, 2.05) is 0 Å². The number of allylic oxidation sites excluding steroid dienone is 1. The zero-order valence-electron chi connectivity index (χ0n) is 16.6. The number of ketones is 1. The molecule has 1 aliphatic carbocycles. The summed E-state index contributed by atoms with van der Waals surface area (Å²) in [6, 6.07) is 0. The molecule has 0 aromatic rings. The summed E-state index contributed by atoms with van der Waals surface area (Å²) in [6.45, 7) is 16.6. The van der Waals surface area contributed by atoms with Crippen molar-refractivity contribution >= 4 is 14.1 Å². The van der Waals surface area contributed by atoms with Gasteiger partial charge in [-0.2, -0.15) is 0 Å². The van der Waals surface area contributed by atoms with Gasteiger partial charge in [-0.25, -0.2) is 0 Å². The van der Waals surface area contributed by atoms with Crippen LogP contribution < -0.4 is 0 Å². The molecule has 0 aromatic carbocycles. The van der Waals surface area contributed by atoms with Crippen LogP contribution in [0.1, 0.15) is 53.9 Å². The molecule has 0 aromatic heterocycles. The third kappa shape index (κ3) is 5.03. The molecule has 4 unspecified atom stereocenters. The smallest absolute Gasteiger partial charge is 0.192 e. The Labute approximate surface area is 149 Å². The molecule has 24 heavy (non-hydrogen) atoms. The third-order valence-electron chi connectivity index (χ3n) is 6.11. The Hall–Kier alpha value is -0.453. The number of Topliss-reactive ketones (excluding diaryl/α,β-unsaturated/α-hetero) is 1. The van der Waals surface area contributed by atoms with Crippen molar-refractivity contribution in [3.63, 3.8) is 0 Å². The summed E-state index contributed by atoms with van der Waals surface area (Å²) in [5, 5.41) is 0.224. The quantitative estimate of drug-likeness (QED) is 0.407. The summed E-state index contributed by atoms with van der Waals surface area (Å²) in [6.07, 6.45) is 7.15. The SMILES string of the molecule is CC(C)C1/C=C\C(CO[Si](C)(C)C(C)(C)C)CC2OC2C(=O)CC1. The molecule has 1 saturated heterocycles. The summed E-state index contributed by atoms with van der Waals surface area (Å²) in [5.41, 5.74) is 0. The Morgan fingerprint density at radius 1 is 1.29 bits per heavy atom. The van der Waals surface area contributed by atoms with Gasteiger partial charge in [0.2, 0.25) is 0 Å². The first-order chi connectivity index (χ1) is 11.0. The van der Waals surface area contributed by atoms with Crippen molar-refractivity contribution < 1.29 is 14.0 Å². The lowest BCUT2D eigenvalue weighted by Crippen LogP contribution is -2.42. The highest BCUT2D eigenvalue weighted by Crippen LogP contribution is 2.38. The van der Waals surface area contributed by atoms with E-state index in [-0.39, 0.29) is 17.2 Å². The topological polar surface area (TPSA) is 38.8 Å². The van der Waals surface area contributed by atoms with Crippen LogP contribution in [0.5, 0.6) is 0 Å². The van der Waals surface area contributed by atoms with Crippen LogP contribution in [0.2, 0.25) is 18.1 Å². The maximum absolute atomic E-state index is 12.2. The van der Waals surface area contributed by atoms with Gasteiger partial charge in [-0.3, -0.25) is 4.79 Å². The molecular weight excluding hydrogens is 316 g/mol. The van der Waals surface area contributed by atoms with Gasteiger partial charge in [-0.1, -0.05) is 46.8 Å². The third-order valence-corrected chi connectivity index (χ3v) is 10.6. The number of epoxide rings is 1. The van der Waals surface area contributed by atoms with Crippen LogP contribution in [0.15, 0.2) is 12.2 Å². The minimum atomic E-state index is -1.74. The highest BCUT2D eigenvalue weighted by atomic mass is 28.4. The minimum absolute atomic E-state index is 0.116. The number of carbonyl (C=O) groups is 1. The van der Waals surface area contributed by atoms with Gasteiger partial charge in [-0.05, 0) is 42.8 Å². The molecular formula is C20H36O3Si. The lowest BCUT2D eigenvalue weighted by atomic mass is 9.86. The minimum Gasteiger partial charge on any atom is -0.416 e. The molecule has 0 bridgehead atoms. The van der Waals surface area contributed by atoms with Crippen molar-refractivity contribution in [2.45, 2.75) is 84.2 Å². The van der Waals surface area contributed by atoms with Crippen LogP contribution in [0.3, 0.4) is 0 Å². The Morgan fingerprint density at radius 3 is 2.54 bits per heavy atom. The summed E-state index contributed by atoms with van der Waals surface area (Å²) in [7, 11) is -1.74. The van der Waals surface area contributed by atoms with Gasteiger partial charge >= 0.3 is 0 Å². The number of ether oxygens (including phenoxy) is 1. The zero-order valence-corrected chi connectivity index (χ0v) is 17.6. The van der Waals surface area contributed by atoms with Gasteiger partial charge in [0.1, 0.15) is 6.10 Å². The molecule has 0 radical (unpaired) electrons. The Kier molecular flexibility index (Phi) is 6.15. The molecule has 3 nitrogen and oxygen atoms in total.